The van der Waals surface area contributed by atoms with Gasteiger partial charge in [0.25, 0.3) is 0 Å². The maximum absolute atomic E-state index is 10.9. The first kappa shape index (κ1) is 16.7. The summed E-state index contributed by atoms with van der Waals surface area (Å²) in [4.78, 5) is 13.1. The molecule has 1 aromatic rings. The summed E-state index contributed by atoms with van der Waals surface area (Å²) >= 11 is 0. The Morgan fingerprint density at radius 2 is 1.95 bits per heavy atom. The Balaban J connectivity index is 2.46. The van der Waals surface area contributed by atoms with Gasteiger partial charge in [-0.3, -0.25) is 4.79 Å². The third-order valence-electron chi connectivity index (χ3n) is 3.24. The van der Waals surface area contributed by atoms with E-state index in [0.29, 0.717) is 0 Å². The van der Waals surface area contributed by atoms with Crippen LogP contribution in [0.15, 0.2) is 24.3 Å². The van der Waals surface area contributed by atoms with E-state index >= 15 is 0 Å². The van der Waals surface area contributed by atoms with E-state index in [0.717, 1.165) is 25.9 Å². The normalized spacial score (nSPS) is 12.6. The second-order valence-corrected chi connectivity index (χ2v) is 5.60. The van der Waals surface area contributed by atoms with E-state index in [-0.39, 0.29) is 12.5 Å². The number of carbonyl (C=O) groups is 1. The number of nitrogens with zero attached hydrogens (tertiary/aromatic N) is 1. The SMILES string of the molecule is Cc1ccc(CC(CC(=O)O)NCCCN(C)C)cc1. The van der Waals surface area contributed by atoms with E-state index in [9.17, 15) is 4.79 Å². The van der Waals surface area contributed by atoms with E-state index in [2.05, 4.69) is 41.4 Å². The number of rotatable bonds is 9. The molecule has 0 bridgehead atoms. The van der Waals surface area contributed by atoms with Crippen LogP contribution in [0.2, 0.25) is 0 Å². The lowest BCUT2D eigenvalue weighted by molar-refractivity contribution is -0.137. The van der Waals surface area contributed by atoms with Crippen LogP contribution >= 0.6 is 0 Å². The van der Waals surface area contributed by atoms with Crippen LogP contribution in [0.4, 0.5) is 0 Å². The number of aryl methyl sites for hydroxylation is 1. The maximum atomic E-state index is 10.9. The molecule has 2 N–H and O–H groups in total. The molecule has 0 saturated heterocycles. The molecule has 20 heavy (non-hydrogen) atoms. The molecule has 0 saturated carbocycles. The highest BCUT2D eigenvalue weighted by molar-refractivity contribution is 5.67. The molecule has 1 rings (SSSR count). The summed E-state index contributed by atoms with van der Waals surface area (Å²) in [6.45, 7) is 3.91. The average Bonchev–Trinajstić information content (AvgIpc) is 2.36. The van der Waals surface area contributed by atoms with E-state index in [4.69, 9.17) is 5.11 Å². The monoisotopic (exact) mass is 278 g/mol. The van der Waals surface area contributed by atoms with E-state index in [1.54, 1.807) is 0 Å². The lowest BCUT2D eigenvalue weighted by Gasteiger charge is -2.18. The molecule has 0 aliphatic rings. The summed E-state index contributed by atoms with van der Waals surface area (Å²) in [6, 6.07) is 8.29. The molecular weight excluding hydrogens is 252 g/mol. The van der Waals surface area contributed by atoms with Crippen LogP contribution in [0.1, 0.15) is 24.0 Å². The second-order valence-electron chi connectivity index (χ2n) is 5.60. The van der Waals surface area contributed by atoms with Gasteiger partial charge in [-0.25, -0.2) is 0 Å². The number of nitrogens with one attached hydrogen (secondary N) is 1. The summed E-state index contributed by atoms with van der Waals surface area (Å²) in [5.74, 6) is -0.748. The quantitative estimate of drug-likeness (QED) is 0.678. The number of hydrogen-bond acceptors (Lipinski definition) is 3. The van der Waals surface area contributed by atoms with Crippen molar-refractivity contribution < 1.29 is 9.90 Å². The van der Waals surface area contributed by atoms with Crippen LogP contribution < -0.4 is 5.32 Å². The van der Waals surface area contributed by atoms with Crippen LogP contribution in [0, 0.1) is 6.92 Å². The Kier molecular flexibility index (Phi) is 7.26. The summed E-state index contributed by atoms with van der Waals surface area (Å²) in [7, 11) is 4.09. The minimum Gasteiger partial charge on any atom is -0.481 e. The third kappa shape index (κ3) is 7.26. The van der Waals surface area contributed by atoms with Gasteiger partial charge in [-0.1, -0.05) is 29.8 Å². The zero-order valence-electron chi connectivity index (χ0n) is 12.7. The fraction of sp³-hybridized carbons (Fsp3) is 0.562. The molecule has 1 atom stereocenters. The van der Waals surface area contributed by atoms with Crippen molar-refractivity contribution in [2.45, 2.75) is 32.2 Å². The van der Waals surface area contributed by atoms with E-state index < -0.39 is 5.97 Å². The highest BCUT2D eigenvalue weighted by Crippen LogP contribution is 2.08. The molecule has 0 aliphatic carbocycles. The van der Waals surface area contributed by atoms with Gasteiger partial charge in [0.1, 0.15) is 0 Å². The number of aliphatic carboxylic acids is 1. The van der Waals surface area contributed by atoms with Crippen LogP contribution in [0.5, 0.6) is 0 Å². The van der Waals surface area contributed by atoms with Crippen LogP contribution in [-0.4, -0.2) is 49.2 Å². The molecule has 0 radical (unpaired) electrons. The van der Waals surface area contributed by atoms with Gasteiger partial charge in [0.05, 0.1) is 6.42 Å². The molecule has 4 heteroatoms. The van der Waals surface area contributed by atoms with Crippen LogP contribution in [0.3, 0.4) is 0 Å². The van der Waals surface area contributed by atoms with E-state index in [1.165, 1.54) is 11.1 Å². The Morgan fingerprint density at radius 1 is 1.30 bits per heavy atom. The van der Waals surface area contributed by atoms with Gasteiger partial charge in [0, 0.05) is 6.04 Å². The third-order valence-corrected chi connectivity index (χ3v) is 3.24. The molecule has 1 aromatic carbocycles. The fourth-order valence-corrected chi connectivity index (χ4v) is 2.14. The maximum Gasteiger partial charge on any atom is 0.304 e. The van der Waals surface area contributed by atoms with Gasteiger partial charge >= 0.3 is 5.97 Å². The topological polar surface area (TPSA) is 52.6 Å². The van der Waals surface area contributed by atoms with Crippen molar-refractivity contribution in [2.24, 2.45) is 0 Å². The molecule has 0 heterocycles. The highest BCUT2D eigenvalue weighted by atomic mass is 16.4. The van der Waals surface area contributed by atoms with Gasteiger partial charge in [-0.15, -0.1) is 0 Å². The van der Waals surface area contributed by atoms with Gasteiger partial charge < -0.3 is 15.3 Å². The molecule has 0 fully saturated rings. The van der Waals surface area contributed by atoms with Crippen molar-refractivity contribution >= 4 is 5.97 Å². The lowest BCUT2D eigenvalue weighted by Crippen LogP contribution is -2.35. The molecule has 0 amide bonds. The predicted molar refractivity (Wildman–Crippen MR) is 82.1 cm³/mol. The van der Waals surface area contributed by atoms with Crippen LogP contribution in [0.25, 0.3) is 0 Å². The first-order chi connectivity index (χ1) is 9.47. The predicted octanol–water partition coefficient (Wildman–Crippen LogP) is 1.92. The second kappa shape index (κ2) is 8.72. The zero-order valence-corrected chi connectivity index (χ0v) is 12.7. The molecule has 112 valence electrons. The first-order valence-electron chi connectivity index (χ1n) is 7.13. The minimum atomic E-state index is -0.748. The minimum absolute atomic E-state index is 0.00244. The van der Waals surface area contributed by atoms with Crippen LogP contribution in [-0.2, 0) is 11.2 Å². The van der Waals surface area contributed by atoms with Gasteiger partial charge in [0.2, 0.25) is 0 Å². The van der Waals surface area contributed by atoms with Crippen molar-refractivity contribution in [3.8, 4) is 0 Å². The molecular formula is C16H26N2O2. The fourth-order valence-electron chi connectivity index (χ4n) is 2.14. The van der Waals surface area contributed by atoms with Crippen molar-refractivity contribution in [3.63, 3.8) is 0 Å². The average molecular weight is 278 g/mol. The van der Waals surface area contributed by atoms with E-state index in [1.807, 2.05) is 14.1 Å². The summed E-state index contributed by atoms with van der Waals surface area (Å²) in [5.41, 5.74) is 2.41. The molecule has 4 nitrogen and oxygen atoms in total. The standard InChI is InChI=1S/C16H26N2O2/c1-13-5-7-14(8-6-13)11-15(12-16(19)20)17-9-4-10-18(2)3/h5-8,15,17H,4,9-12H2,1-3H3,(H,19,20). The highest BCUT2D eigenvalue weighted by Gasteiger charge is 2.13. The van der Waals surface area contributed by atoms with Gasteiger partial charge in [0.15, 0.2) is 0 Å². The molecule has 0 aromatic heterocycles. The summed E-state index contributed by atoms with van der Waals surface area (Å²) < 4.78 is 0. The Hall–Kier alpha value is -1.39. The summed E-state index contributed by atoms with van der Waals surface area (Å²) in [5, 5.41) is 12.4. The largest absolute Gasteiger partial charge is 0.481 e. The number of carboxylic acids is 1. The Bertz CT molecular complexity index is 401. The molecule has 1 unspecified atom stereocenters. The number of benzene rings is 1. The Morgan fingerprint density at radius 3 is 2.50 bits per heavy atom. The summed E-state index contributed by atoms with van der Waals surface area (Å²) in [6.07, 6.45) is 1.95. The number of hydrogen-bond donors (Lipinski definition) is 2. The van der Waals surface area contributed by atoms with Crippen molar-refractivity contribution in [2.75, 3.05) is 27.2 Å². The molecule has 0 spiro atoms. The van der Waals surface area contributed by atoms with Gasteiger partial charge in [-0.2, -0.15) is 0 Å². The van der Waals surface area contributed by atoms with Crippen molar-refractivity contribution in [3.05, 3.63) is 35.4 Å². The smallest absolute Gasteiger partial charge is 0.304 e. The molecule has 0 aliphatic heterocycles. The van der Waals surface area contributed by atoms with Crippen molar-refractivity contribution in [1.29, 1.82) is 0 Å². The zero-order chi connectivity index (χ0) is 15.0. The first-order valence-corrected chi connectivity index (χ1v) is 7.13. The lowest BCUT2D eigenvalue weighted by atomic mass is 10.0. The Labute approximate surface area is 121 Å². The van der Waals surface area contributed by atoms with Gasteiger partial charge in [-0.05, 0) is 52.5 Å². The number of carboxylic acid groups (broad SMARTS) is 1. The van der Waals surface area contributed by atoms with Crippen molar-refractivity contribution in [1.82, 2.24) is 10.2 Å².